The van der Waals surface area contributed by atoms with E-state index in [2.05, 4.69) is 27.0 Å². The fourth-order valence-electron chi connectivity index (χ4n) is 2.19. The largest absolute Gasteiger partial charge is 0.408 e. The lowest BCUT2D eigenvalue weighted by Crippen LogP contribution is -2.53. The zero-order chi connectivity index (χ0) is 14.8. The van der Waals surface area contributed by atoms with Crippen LogP contribution in [0.5, 0.6) is 0 Å². The summed E-state index contributed by atoms with van der Waals surface area (Å²) in [5, 5.41) is 0. The van der Waals surface area contributed by atoms with Gasteiger partial charge in [-0.3, -0.25) is 0 Å². The Labute approximate surface area is 121 Å². The van der Waals surface area contributed by atoms with Gasteiger partial charge in [0.2, 0.25) is 0 Å². The third kappa shape index (κ3) is 5.75. The molecular formula is C14H30O3Si2. The third-order valence-corrected chi connectivity index (χ3v) is 10.9. The first-order chi connectivity index (χ1) is 9.07. The topological polar surface area (TPSA) is 27.7 Å². The molecule has 0 saturated carbocycles. The van der Waals surface area contributed by atoms with E-state index in [0.29, 0.717) is 13.2 Å². The predicted molar refractivity (Wildman–Crippen MR) is 86.4 cm³/mol. The quantitative estimate of drug-likeness (QED) is 0.505. The van der Waals surface area contributed by atoms with Crippen molar-refractivity contribution in [2.45, 2.75) is 52.6 Å². The summed E-state index contributed by atoms with van der Waals surface area (Å²) in [5.74, 6) is 0. The zero-order valence-corrected chi connectivity index (χ0v) is 15.0. The van der Waals surface area contributed by atoms with E-state index in [-0.39, 0.29) is 0 Å². The summed E-state index contributed by atoms with van der Waals surface area (Å²) in [4.78, 5) is 0. The van der Waals surface area contributed by atoms with Gasteiger partial charge in [-0.25, -0.2) is 0 Å². The van der Waals surface area contributed by atoms with Gasteiger partial charge in [-0.05, 0) is 25.9 Å². The van der Waals surface area contributed by atoms with E-state index in [1.54, 1.807) is 0 Å². The molecule has 0 spiro atoms. The van der Waals surface area contributed by atoms with Crippen LogP contribution in [0.2, 0.25) is 12.1 Å². The first kappa shape index (κ1) is 18.8. The predicted octanol–water partition coefficient (Wildman–Crippen LogP) is 4.23. The molecule has 112 valence electrons. The molecule has 0 heterocycles. The van der Waals surface area contributed by atoms with Crippen molar-refractivity contribution in [2.75, 3.05) is 13.2 Å². The van der Waals surface area contributed by atoms with Crippen LogP contribution >= 0.6 is 0 Å². The van der Waals surface area contributed by atoms with Crippen LogP contribution in [0.1, 0.15) is 40.5 Å². The second-order valence-electron chi connectivity index (χ2n) is 4.50. The summed E-state index contributed by atoms with van der Waals surface area (Å²) in [6.07, 6.45) is 2.05. The van der Waals surface area contributed by atoms with Crippen molar-refractivity contribution in [3.05, 3.63) is 24.6 Å². The monoisotopic (exact) mass is 302 g/mol. The minimum Gasteiger partial charge on any atom is -0.408 e. The van der Waals surface area contributed by atoms with Gasteiger partial charge in [0.15, 0.2) is 0 Å². The zero-order valence-electron chi connectivity index (χ0n) is 13.0. The minimum atomic E-state index is -2.37. The molecule has 19 heavy (non-hydrogen) atoms. The summed E-state index contributed by atoms with van der Waals surface area (Å²) in [5.41, 5.74) is 3.81. The fourth-order valence-corrected chi connectivity index (χ4v) is 9.79. The summed E-state index contributed by atoms with van der Waals surface area (Å²) >= 11 is 0. The molecule has 2 unspecified atom stereocenters. The van der Waals surface area contributed by atoms with Gasteiger partial charge in [0.05, 0.1) is 0 Å². The van der Waals surface area contributed by atoms with Gasteiger partial charge in [0.25, 0.3) is 0 Å². The van der Waals surface area contributed by atoms with E-state index in [9.17, 15) is 0 Å². The van der Waals surface area contributed by atoms with E-state index in [0.717, 1.165) is 24.9 Å². The highest BCUT2D eigenvalue weighted by molar-refractivity contribution is 6.86. The van der Waals surface area contributed by atoms with Crippen molar-refractivity contribution in [3.63, 3.8) is 0 Å². The Morgan fingerprint density at radius 1 is 0.789 bits per heavy atom. The third-order valence-electron chi connectivity index (χ3n) is 2.94. The van der Waals surface area contributed by atoms with Crippen molar-refractivity contribution >= 4 is 17.1 Å². The Balaban J connectivity index is 5.19. The molecule has 0 rings (SSSR count). The lowest BCUT2D eigenvalue weighted by atomic mass is 10.6. The molecule has 0 aromatic heterocycles. The second-order valence-corrected chi connectivity index (χ2v) is 11.0. The fraction of sp³-hybridized carbons (Fsp3) is 0.714. The van der Waals surface area contributed by atoms with Crippen molar-refractivity contribution in [2.24, 2.45) is 0 Å². The van der Waals surface area contributed by atoms with Crippen LogP contribution in [0.25, 0.3) is 0 Å². The van der Waals surface area contributed by atoms with Gasteiger partial charge in [0.1, 0.15) is 0 Å². The molecule has 0 saturated heterocycles. The highest BCUT2D eigenvalue weighted by atomic mass is 28.5. The maximum Gasteiger partial charge on any atom is 0.355 e. The highest BCUT2D eigenvalue weighted by Crippen LogP contribution is 2.27. The molecule has 3 nitrogen and oxygen atoms in total. The average molecular weight is 303 g/mol. The Bertz CT molecular complexity index is 231. The van der Waals surface area contributed by atoms with Gasteiger partial charge in [-0.1, -0.05) is 38.1 Å². The van der Waals surface area contributed by atoms with Gasteiger partial charge < -0.3 is 13.0 Å². The van der Waals surface area contributed by atoms with Crippen LogP contribution in [0.4, 0.5) is 0 Å². The molecule has 0 N–H and O–H groups in total. The molecule has 0 aromatic carbocycles. The first-order valence-electron chi connectivity index (χ1n) is 7.32. The number of hydrogen-bond donors (Lipinski definition) is 0. The molecule has 0 fully saturated rings. The van der Waals surface area contributed by atoms with Gasteiger partial charge in [-0.2, -0.15) is 0 Å². The van der Waals surface area contributed by atoms with Gasteiger partial charge in [0, 0.05) is 13.2 Å². The van der Waals surface area contributed by atoms with Crippen molar-refractivity contribution < 1.29 is 13.0 Å². The van der Waals surface area contributed by atoms with E-state index in [4.69, 9.17) is 13.0 Å². The molecule has 5 heteroatoms. The molecule has 0 aliphatic carbocycles. The summed E-state index contributed by atoms with van der Waals surface area (Å²) in [6, 6.07) is 1.84. The number of rotatable bonds is 12. The molecule has 0 aromatic rings. The van der Waals surface area contributed by atoms with Gasteiger partial charge in [-0.15, -0.1) is 13.2 Å². The van der Waals surface area contributed by atoms with E-state index < -0.39 is 17.1 Å². The van der Waals surface area contributed by atoms with Crippen molar-refractivity contribution in [1.29, 1.82) is 0 Å². The molecule has 0 bridgehead atoms. The smallest absolute Gasteiger partial charge is 0.355 e. The molecule has 0 radical (unpaired) electrons. The van der Waals surface area contributed by atoms with E-state index in [1.807, 2.05) is 25.2 Å². The Hall–Kier alpha value is -0.206. The SMILES string of the molecule is C=C[Si](CCC)(OCC)O[Si](C=C)(CCC)OCC. The standard InChI is InChI=1S/C14H30O3Si2/c1-7-13-18(11-5,15-9-3)17-19(12-6,14-8-2)16-10-4/h11-12H,5-10,13-14H2,1-4H3. The van der Waals surface area contributed by atoms with Crippen LogP contribution < -0.4 is 0 Å². The minimum absolute atomic E-state index is 0.651. The van der Waals surface area contributed by atoms with Crippen LogP contribution in [-0.2, 0) is 13.0 Å². The van der Waals surface area contributed by atoms with E-state index in [1.165, 1.54) is 0 Å². The lowest BCUT2D eigenvalue weighted by Gasteiger charge is -2.37. The average Bonchev–Trinajstić information content (AvgIpc) is 2.39. The maximum atomic E-state index is 6.48. The van der Waals surface area contributed by atoms with Gasteiger partial charge >= 0.3 is 17.1 Å². The summed E-state index contributed by atoms with van der Waals surface area (Å²) < 4.78 is 18.4. The Morgan fingerprint density at radius 2 is 1.16 bits per heavy atom. The molecule has 0 amide bonds. The van der Waals surface area contributed by atoms with E-state index >= 15 is 0 Å². The lowest BCUT2D eigenvalue weighted by molar-refractivity contribution is 0.206. The summed E-state index contributed by atoms with van der Waals surface area (Å²) in [7, 11) is -4.74. The molecule has 2 atom stereocenters. The van der Waals surface area contributed by atoms with Crippen LogP contribution in [-0.4, -0.2) is 30.3 Å². The number of hydrogen-bond acceptors (Lipinski definition) is 3. The normalized spacial score (nSPS) is 17.5. The van der Waals surface area contributed by atoms with Crippen molar-refractivity contribution in [1.82, 2.24) is 0 Å². The van der Waals surface area contributed by atoms with Crippen molar-refractivity contribution in [3.8, 4) is 0 Å². The highest BCUT2D eigenvalue weighted by Gasteiger charge is 2.44. The first-order valence-corrected chi connectivity index (χ1v) is 11.5. The Kier molecular flexibility index (Phi) is 9.55. The molecule has 0 aliphatic heterocycles. The summed E-state index contributed by atoms with van der Waals surface area (Å²) in [6.45, 7) is 17.5. The van der Waals surface area contributed by atoms with Crippen LogP contribution in [0.15, 0.2) is 24.6 Å². The second kappa shape index (κ2) is 9.66. The maximum absolute atomic E-state index is 6.48. The molecule has 0 aliphatic rings. The van der Waals surface area contributed by atoms with Crippen LogP contribution in [0, 0.1) is 0 Å². The Morgan fingerprint density at radius 3 is 1.37 bits per heavy atom. The van der Waals surface area contributed by atoms with Crippen LogP contribution in [0.3, 0.4) is 0 Å². The molecular weight excluding hydrogens is 272 g/mol.